The summed E-state index contributed by atoms with van der Waals surface area (Å²) < 4.78 is 15.6. The number of aromatic nitrogens is 3. The van der Waals surface area contributed by atoms with Crippen molar-refractivity contribution in [2.24, 2.45) is 0 Å². The van der Waals surface area contributed by atoms with Gasteiger partial charge in [0, 0.05) is 19.2 Å². The largest absolute Gasteiger partial charge is 0.378 e. The van der Waals surface area contributed by atoms with E-state index in [2.05, 4.69) is 20.2 Å². The lowest BCUT2D eigenvalue weighted by Crippen LogP contribution is -2.39. The molecule has 0 spiro atoms. The Morgan fingerprint density at radius 3 is 3.11 bits per heavy atom. The van der Waals surface area contributed by atoms with Gasteiger partial charge in [0.15, 0.2) is 5.82 Å². The standard InChI is InChI=1S/C11H14N4O3/c1-8-12-11(18-13-8)10-7-16-5-3-15(10)6-9-2-4-17-14-9/h2,4,10H,3,5-7H2,1H3/t10-/m1/s1. The third-order valence-corrected chi connectivity index (χ3v) is 2.92. The fourth-order valence-electron chi connectivity index (χ4n) is 2.03. The van der Waals surface area contributed by atoms with Gasteiger partial charge in [-0.1, -0.05) is 10.3 Å². The highest BCUT2D eigenvalue weighted by atomic mass is 16.5. The zero-order valence-electron chi connectivity index (χ0n) is 10.1. The molecule has 0 bridgehead atoms. The highest BCUT2D eigenvalue weighted by molar-refractivity contribution is 4.99. The van der Waals surface area contributed by atoms with Gasteiger partial charge in [-0.25, -0.2) is 0 Å². The molecule has 0 saturated carbocycles. The molecule has 1 atom stereocenters. The summed E-state index contributed by atoms with van der Waals surface area (Å²) in [5.41, 5.74) is 0.887. The van der Waals surface area contributed by atoms with Crippen LogP contribution >= 0.6 is 0 Å². The molecular weight excluding hydrogens is 236 g/mol. The van der Waals surface area contributed by atoms with E-state index in [1.54, 1.807) is 13.2 Å². The molecule has 0 N–H and O–H groups in total. The molecule has 1 fully saturated rings. The van der Waals surface area contributed by atoms with Crippen LogP contribution in [0.4, 0.5) is 0 Å². The third kappa shape index (κ3) is 2.27. The number of hydrogen-bond acceptors (Lipinski definition) is 7. The summed E-state index contributed by atoms with van der Waals surface area (Å²) in [6.45, 7) is 4.55. The maximum Gasteiger partial charge on any atom is 0.246 e. The van der Waals surface area contributed by atoms with Crippen molar-refractivity contribution in [1.29, 1.82) is 0 Å². The predicted molar refractivity (Wildman–Crippen MR) is 59.5 cm³/mol. The Morgan fingerprint density at radius 1 is 1.44 bits per heavy atom. The monoisotopic (exact) mass is 250 g/mol. The van der Waals surface area contributed by atoms with Gasteiger partial charge in [-0.2, -0.15) is 4.98 Å². The first-order valence-corrected chi connectivity index (χ1v) is 5.84. The minimum Gasteiger partial charge on any atom is -0.378 e. The number of ether oxygens (including phenoxy) is 1. The Bertz CT molecular complexity index is 496. The SMILES string of the molecule is Cc1noc([C@H]2COCCN2Cc2ccon2)n1. The van der Waals surface area contributed by atoms with Crippen molar-refractivity contribution in [1.82, 2.24) is 20.2 Å². The van der Waals surface area contributed by atoms with Crippen LogP contribution in [0, 0.1) is 6.92 Å². The van der Waals surface area contributed by atoms with Gasteiger partial charge in [-0.3, -0.25) is 4.90 Å². The molecule has 2 aromatic heterocycles. The van der Waals surface area contributed by atoms with E-state index in [-0.39, 0.29) is 6.04 Å². The number of hydrogen-bond donors (Lipinski definition) is 0. The van der Waals surface area contributed by atoms with Crippen LogP contribution in [-0.2, 0) is 11.3 Å². The van der Waals surface area contributed by atoms with Crippen molar-refractivity contribution in [3.8, 4) is 0 Å². The second kappa shape index (κ2) is 4.87. The summed E-state index contributed by atoms with van der Waals surface area (Å²) >= 11 is 0. The normalized spacial score (nSPS) is 21.3. The Kier molecular flexibility index (Phi) is 3.07. The van der Waals surface area contributed by atoms with Crippen LogP contribution in [0.3, 0.4) is 0 Å². The first-order valence-electron chi connectivity index (χ1n) is 5.84. The molecule has 0 aliphatic carbocycles. The Hall–Kier alpha value is -1.73. The van der Waals surface area contributed by atoms with Crippen LogP contribution < -0.4 is 0 Å². The molecule has 3 rings (SSSR count). The molecule has 1 aliphatic heterocycles. The van der Waals surface area contributed by atoms with Crippen molar-refractivity contribution in [2.75, 3.05) is 19.8 Å². The summed E-state index contributed by atoms with van der Waals surface area (Å²) in [6, 6.07) is 1.84. The van der Waals surface area contributed by atoms with Gasteiger partial charge in [0.05, 0.1) is 18.9 Å². The first-order chi connectivity index (χ1) is 8.83. The molecule has 2 aromatic rings. The van der Waals surface area contributed by atoms with Crippen molar-refractivity contribution in [3.05, 3.63) is 29.7 Å². The lowest BCUT2D eigenvalue weighted by Gasteiger charge is -2.32. The zero-order chi connectivity index (χ0) is 12.4. The Labute approximate surface area is 104 Å². The van der Waals surface area contributed by atoms with E-state index in [1.165, 1.54) is 0 Å². The average Bonchev–Trinajstić information content (AvgIpc) is 3.02. The van der Waals surface area contributed by atoms with Gasteiger partial charge in [0.25, 0.3) is 0 Å². The molecule has 1 saturated heterocycles. The first kappa shape index (κ1) is 11.4. The van der Waals surface area contributed by atoms with Gasteiger partial charge < -0.3 is 13.8 Å². The van der Waals surface area contributed by atoms with Crippen molar-refractivity contribution < 1.29 is 13.8 Å². The topological polar surface area (TPSA) is 77.4 Å². The molecule has 0 unspecified atom stereocenters. The molecule has 96 valence electrons. The van der Waals surface area contributed by atoms with E-state index < -0.39 is 0 Å². The van der Waals surface area contributed by atoms with Gasteiger partial charge in [-0.05, 0) is 6.92 Å². The molecular formula is C11H14N4O3. The molecule has 7 heteroatoms. The van der Waals surface area contributed by atoms with Crippen molar-refractivity contribution in [3.63, 3.8) is 0 Å². The maximum atomic E-state index is 5.48. The molecule has 1 aliphatic rings. The van der Waals surface area contributed by atoms with Crippen LogP contribution in [0.2, 0.25) is 0 Å². The number of aryl methyl sites for hydroxylation is 1. The predicted octanol–water partition coefficient (Wildman–Crippen LogP) is 0.940. The Morgan fingerprint density at radius 2 is 2.39 bits per heavy atom. The van der Waals surface area contributed by atoms with E-state index in [4.69, 9.17) is 13.8 Å². The van der Waals surface area contributed by atoms with E-state index >= 15 is 0 Å². The van der Waals surface area contributed by atoms with Gasteiger partial charge in [0.1, 0.15) is 12.3 Å². The molecule has 0 amide bonds. The summed E-state index contributed by atoms with van der Waals surface area (Å²) in [6.07, 6.45) is 1.57. The molecule has 3 heterocycles. The lowest BCUT2D eigenvalue weighted by molar-refractivity contribution is -0.0249. The van der Waals surface area contributed by atoms with Gasteiger partial charge in [0.2, 0.25) is 5.89 Å². The molecule has 0 aromatic carbocycles. The highest BCUT2D eigenvalue weighted by Gasteiger charge is 2.29. The molecule has 18 heavy (non-hydrogen) atoms. The van der Waals surface area contributed by atoms with Crippen molar-refractivity contribution in [2.45, 2.75) is 19.5 Å². The lowest BCUT2D eigenvalue weighted by atomic mass is 10.2. The molecule has 0 radical (unpaired) electrons. The van der Waals surface area contributed by atoms with Crippen molar-refractivity contribution >= 4 is 0 Å². The Balaban J connectivity index is 1.77. The molecule has 7 nitrogen and oxygen atoms in total. The number of rotatable bonds is 3. The van der Waals surface area contributed by atoms with Crippen LogP contribution in [0.5, 0.6) is 0 Å². The maximum absolute atomic E-state index is 5.48. The number of morpholine rings is 1. The summed E-state index contributed by atoms with van der Waals surface area (Å²) in [5, 5.41) is 7.74. The van der Waals surface area contributed by atoms with Crippen LogP contribution in [0.1, 0.15) is 23.5 Å². The second-order valence-electron chi connectivity index (χ2n) is 4.23. The fourth-order valence-corrected chi connectivity index (χ4v) is 2.03. The zero-order valence-corrected chi connectivity index (χ0v) is 10.1. The summed E-state index contributed by atoms with van der Waals surface area (Å²) in [5.74, 6) is 1.23. The highest BCUT2D eigenvalue weighted by Crippen LogP contribution is 2.24. The second-order valence-corrected chi connectivity index (χ2v) is 4.23. The van der Waals surface area contributed by atoms with E-state index in [9.17, 15) is 0 Å². The van der Waals surface area contributed by atoms with Gasteiger partial charge >= 0.3 is 0 Å². The average molecular weight is 250 g/mol. The minimum atomic E-state index is -0.0170. The van der Waals surface area contributed by atoms with E-state index in [1.807, 2.05) is 6.07 Å². The van der Waals surface area contributed by atoms with Gasteiger partial charge in [-0.15, -0.1) is 0 Å². The summed E-state index contributed by atoms with van der Waals surface area (Å²) in [4.78, 5) is 6.47. The third-order valence-electron chi connectivity index (χ3n) is 2.92. The summed E-state index contributed by atoms with van der Waals surface area (Å²) in [7, 11) is 0. The van der Waals surface area contributed by atoms with Crippen LogP contribution in [0.15, 0.2) is 21.4 Å². The smallest absolute Gasteiger partial charge is 0.246 e. The van der Waals surface area contributed by atoms with Crippen LogP contribution in [-0.4, -0.2) is 40.0 Å². The number of nitrogens with zero attached hydrogens (tertiary/aromatic N) is 4. The fraction of sp³-hybridized carbons (Fsp3) is 0.545. The minimum absolute atomic E-state index is 0.0170. The van der Waals surface area contributed by atoms with E-state index in [0.717, 1.165) is 12.2 Å². The quantitative estimate of drug-likeness (QED) is 0.802. The van der Waals surface area contributed by atoms with Crippen LogP contribution in [0.25, 0.3) is 0 Å². The van der Waals surface area contributed by atoms with E-state index in [0.29, 0.717) is 31.5 Å².